The number of nitrogens with zero attached hydrogens (tertiary/aromatic N) is 1. The maximum Gasteiger partial charge on any atom is 0.0121 e. The Kier molecular flexibility index (Phi) is 15.5. The van der Waals surface area contributed by atoms with Crippen molar-refractivity contribution >= 4 is 0 Å². The first-order chi connectivity index (χ1) is 11.1. The predicted octanol–water partition coefficient (Wildman–Crippen LogP) is 7.44. The van der Waals surface area contributed by atoms with Gasteiger partial charge in [0.25, 0.3) is 0 Å². The lowest BCUT2D eigenvalue weighted by Crippen LogP contribution is -2.47. The van der Waals surface area contributed by atoms with Crippen molar-refractivity contribution in [3.63, 3.8) is 0 Å². The van der Waals surface area contributed by atoms with Gasteiger partial charge in [-0.25, -0.2) is 0 Å². The molecule has 0 saturated carbocycles. The third-order valence-corrected chi connectivity index (χ3v) is 5.48. The van der Waals surface area contributed by atoms with Crippen molar-refractivity contribution in [3.8, 4) is 0 Å². The molecule has 0 aromatic carbocycles. The smallest absolute Gasteiger partial charge is 0.0121 e. The molecule has 0 amide bonds. The molecule has 1 fully saturated rings. The van der Waals surface area contributed by atoms with E-state index in [0.29, 0.717) is 0 Å². The molecule has 2 unspecified atom stereocenters. The van der Waals surface area contributed by atoms with Crippen molar-refractivity contribution < 1.29 is 0 Å². The number of hydrogen-bond donors (Lipinski definition) is 0. The minimum absolute atomic E-state index is 0.785. The average molecular weight is 326 g/mol. The third-order valence-electron chi connectivity index (χ3n) is 5.48. The number of piperidine rings is 1. The first kappa shape index (κ1) is 23.0. The Morgan fingerprint density at radius 3 is 1.74 bits per heavy atom. The second-order valence-corrected chi connectivity index (χ2v) is 7.92. The van der Waals surface area contributed by atoms with E-state index in [0.717, 1.165) is 18.0 Å². The van der Waals surface area contributed by atoms with Crippen LogP contribution in [0.3, 0.4) is 0 Å². The summed E-state index contributed by atoms with van der Waals surface area (Å²) in [6.07, 6.45) is 17.0. The zero-order valence-corrected chi connectivity index (χ0v) is 17.4. The molecule has 0 aliphatic carbocycles. The van der Waals surface area contributed by atoms with Crippen LogP contribution in [-0.4, -0.2) is 23.5 Å². The van der Waals surface area contributed by atoms with Crippen LogP contribution >= 0.6 is 0 Å². The predicted molar refractivity (Wildman–Crippen MR) is 107 cm³/mol. The zero-order valence-electron chi connectivity index (χ0n) is 17.4. The Labute approximate surface area is 148 Å². The zero-order chi connectivity index (χ0) is 17.5. The van der Waals surface area contributed by atoms with E-state index in [1.54, 1.807) is 0 Å². The van der Waals surface area contributed by atoms with Gasteiger partial charge in [0.05, 0.1) is 0 Å². The maximum atomic E-state index is 2.73. The second-order valence-electron chi connectivity index (χ2n) is 7.92. The molecule has 0 aromatic rings. The van der Waals surface area contributed by atoms with Crippen LogP contribution in [0.25, 0.3) is 0 Å². The van der Waals surface area contributed by atoms with Crippen molar-refractivity contribution in [2.24, 2.45) is 5.92 Å². The number of likely N-dealkylation sites (tertiary alicyclic amines) is 1. The highest BCUT2D eigenvalue weighted by Crippen LogP contribution is 2.25. The molecule has 0 bridgehead atoms. The summed E-state index contributed by atoms with van der Waals surface area (Å²) in [5.41, 5.74) is 0. The molecule has 1 rings (SSSR count). The molecule has 23 heavy (non-hydrogen) atoms. The van der Waals surface area contributed by atoms with E-state index in [4.69, 9.17) is 0 Å². The van der Waals surface area contributed by atoms with E-state index in [9.17, 15) is 0 Å². The number of rotatable bonds is 10. The number of unbranched alkanes of at least 4 members (excludes halogenated alkanes) is 7. The Bertz CT molecular complexity index is 228. The van der Waals surface area contributed by atoms with Gasteiger partial charge in [-0.15, -0.1) is 0 Å². The minimum Gasteiger partial charge on any atom is -0.297 e. The molecule has 1 nitrogen and oxygen atoms in total. The Hall–Kier alpha value is -0.0400. The highest BCUT2D eigenvalue weighted by atomic mass is 15.2. The van der Waals surface area contributed by atoms with E-state index < -0.39 is 0 Å². The largest absolute Gasteiger partial charge is 0.297 e. The average Bonchev–Trinajstić information content (AvgIpc) is 2.58. The molecule has 1 aliphatic heterocycles. The van der Waals surface area contributed by atoms with Gasteiger partial charge in [-0.1, -0.05) is 92.4 Å². The van der Waals surface area contributed by atoms with Crippen molar-refractivity contribution in [1.29, 1.82) is 0 Å². The van der Waals surface area contributed by atoms with Crippen LogP contribution in [0.5, 0.6) is 0 Å². The highest BCUT2D eigenvalue weighted by Gasteiger charge is 2.27. The lowest BCUT2D eigenvalue weighted by atomic mass is 9.91. The minimum atomic E-state index is 0.785. The molecule has 1 saturated heterocycles. The van der Waals surface area contributed by atoms with Gasteiger partial charge >= 0.3 is 0 Å². The molecule has 0 N–H and O–H groups in total. The normalized spacial score (nSPS) is 20.2. The SMILES string of the molecule is CCC(C)N1CCCCC1C(C)C.CCCCCCCCCC. The summed E-state index contributed by atoms with van der Waals surface area (Å²) < 4.78 is 0. The molecule has 0 aromatic heterocycles. The molecular weight excluding hydrogens is 278 g/mol. The van der Waals surface area contributed by atoms with Crippen LogP contribution in [0.4, 0.5) is 0 Å². The fourth-order valence-electron chi connectivity index (χ4n) is 3.68. The fourth-order valence-corrected chi connectivity index (χ4v) is 3.68. The monoisotopic (exact) mass is 325 g/mol. The van der Waals surface area contributed by atoms with Gasteiger partial charge in [-0.2, -0.15) is 0 Å². The van der Waals surface area contributed by atoms with Crippen LogP contribution < -0.4 is 0 Å². The summed E-state index contributed by atoms with van der Waals surface area (Å²) in [4.78, 5) is 2.73. The van der Waals surface area contributed by atoms with Crippen molar-refractivity contribution in [2.75, 3.05) is 6.54 Å². The van der Waals surface area contributed by atoms with Crippen LogP contribution in [-0.2, 0) is 0 Å². The lowest BCUT2D eigenvalue weighted by Gasteiger charge is -2.41. The molecule has 0 radical (unpaired) electrons. The molecule has 1 heteroatoms. The van der Waals surface area contributed by atoms with Gasteiger partial charge in [0.1, 0.15) is 0 Å². The first-order valence-electron chi connectivity index (χ1n) is 10.8. The summed E-state index contributed by atoms with van der Waals surface area (Å²) in [5, 5.41) is 0. The first-order valence-corrected chi connectivity index (χ1v) is 10.8. The molecule has 2 atom stereocenters. The van der Waals surface area contributed by atoms with Crippen molar-refractivity contribution in [2.45, 2.75) is 131 Å². The molecule has 0 spiro atoms. The van der Waals surface area contributed by atoms with Crippen LogP contribution in [0.2, 0.25) is 0 Å². The summed E-state index contributed by atoms with van der Waals surface area (Å²) in [7, 11) is 0. The van der Waals surface area contributed by atoms with Crippen molar-refractivity contribution in [3.05, 3.63) is 0 Å². The van der Waals surface area contributed by atoms with Gasteiger partial charge in [-0.3, -0.25) is 4.90 Å². The fraction of sp³-hybridized carbons (Fsp3) is 1.00. The van der Waals surface area contributed by atoms with Gasteiger partial charge in [0.15, 0.2) is 0 Å². The van der Waals surface area contributed by atoms with Crippen LogP contribution in [0, 0.1) is 5.92 Å². The Morgan fingerprint density at radius 2 is 1.30 bits per heavy atom. The van der Waals surface area contributed by atoms with Gasteiger partial charge in [0, 0.05) is 12.1 Å². The van der Waals surface area contributed by atoms with E-state index in [2.05, 4.69) is 46.4 Å². The highest BCUT2D eigenvalue weighted by molar-refractivity contribution is 4.82. The summed E-state index contributed by atoms with van der Waals surface area (Å²) in [6, 6.07) is 1.64. The van der Waals surface area contributed by atoms with Crippen molar-refractivity contribution in [1.82, 2.24) is 4.90 Å². The van der Waals surface area contributed by atoms with E-state index in [1.165, 1.54) is 83.6 Å². The standard InChI is InChI=1S/C12H25N.C10H22/c1-5-11(4)13-9-7-6-8-12(13)10(2)3;1-3-5-7-9-10-8-6-4-2/h10-12H,5-9H2,1-4H3;3-10H2,1-2H3. The Morgan fingerprint density at radius 1 is 0.783 bits per heavy atom. The van der Waals surface area contributed by atoms with E-state index in [-0.39, 0.29) is 0 Å². The number of hydrogen-bond acceptors (Lipinski definition) is 1. The lowest BCUT2D eigenvalue weighted by molar-refractivity contribution is 0.0716. The van der Waals surface area contributed by atoms with Crippen LogP contribution in [0.1, 0.15) is 119 Å². The Balaban J connectivity index is 0.000000438. The van der Waals surface area contributed by atoms with Gasteiger partial charge in [-0.05, 0) is 38.6 Å². The summed E-state index contributed by atoms with van der Waals surface area (Å²) in [6.45, 7) is 15.3. The maximum absolute atomic E-state index is 2.73. The van der Waals surface area contributed by atoms with E-state index >= 15 is 0 Å². The van der Waals surface area contributed by atoms with Gasteiger partial charge < -0.3 is 0 Å². The van der Waals surface area contributed by atoms with E-state index in [1.807, 2.05) is 0 Å². The summed E-state index contributed by atoms with van der Waals surface area (Å²) >= 11 is 0. The quantitative estimate of drug-likeness (QED) is 0.377. The second kappa shape index (κ2) is 15.5. The molecule has 140 valence electrons. The summed E-state index contributed by atoms with van der Waals surface area (Å²) in [5.74, 6) is 0.828. The third kappa shape index (κ3) is 11.2. The molecule has 1 aliphatic rings. The molecule has 1 heterocycles. The topological polar surface area (TPSA) is 3.24 Å². The van der Waals surface area contributed by atoms with Gasteiger partial charge in [0.2, 0.25) is 0 Å². The molecular formula is C22H47N. The van der Waals surface area contributed by atoms with Crippen LogP contribution in [0.15, 0.2) is 0 Å².